The Labute approximate surface area is 184 Å². The number of nitrogens with one attached hydrogen (secondary N) is 1. The molecule has 2 saturated heterocycles. The number of benzene rings is 1. The Hall–Kier alpha value is -1.99. The fourth-order valence-corrected chi connectivity index (χ4v) is 5.73. The molecule has 7 heteroatoms. The number of likely N-dealkylation sites (tertiary alicyclic amines) is 1. The van der Waals surface area contributed by atoms with Gasteiger partial charge in [0.2, 0.25) is 11.8 Å². The number of nitrogens with zero attached hydrogens (tertiary/aromatic N) is 2. The lowest BCUT2D eigenvalue weighted by molar-refractivity contribution is -0.150. The number of morpholine rings is 1. The molecule has 3 aliphatic rings. The van der Waals surface area contributed by atoms with E-state index in [0.29, 0.717) is 25.7 Å². The summed E-state index contributed by atoms with van der Waals surface area (Å²) in [6.45, 7) is 8.48. The van der Waals surface area contributed by atoms with Crippen LogP contribution >= 0.6 is 0 Å². The predicted molar refractivity (Wildman–Crippen MR) is 116 cm³/mol. The van der Waals surface area contributed by atoms with Crippen LogP contribution in [0.2, 0.25) is 0 Å². The molecule has 4 rings (SSSR count). The van der Waals surface area contributed by atoms with Gasteiger partial charge in [0, 0.05) is 45.7 Å². The van der Waals surface area contributed by atoms with Crippen LogP contribution in [0, 0.1) is 24.1 Å². The lowest BCUT2D eigenvalue weighted by Crippen LogP contribution is -2.61. The van der Waals surface area contributed by atoms with Crippen LogP contribution in [0.5, 0.6) is 0 Å². The van der Waals surface area contributed by atoms with E-state index in [1.807, 2.05) is 11.8 Å². The lowest BCUT2D eigenvalue weighted by Gasteiger charge is -2.53. The second-order valence-corrected chi connectivity index (χ2v) is 9.41. The van der Waals surface area contributed by atoms with Crippen molar-refractivity contribution in [3.63, 3.8) is 0 Å². The van der Waals surface area contributed by atoms with Crippen LogP contribution in [0.25, 0.3) is 0 Å². The summed E-state index contributed by atoms with van der Waals surface area (Å²) in [6.07, 6.45) is 3.57. The molecule has 0 aromatic heterocycles. The minimum Gasteiger partial charge on any atom is -0.379 e. The van der Waals surface area contributed by atoms with Crippen LogP contribution in [0.3, 0.4) is 0 Å². The molecule has 0 spiro atoms. The number of halogens is 1. The quantitative estimate of drug-likeness (QED) is 0.796. The van der Waals surface area contributed by atoms with Gasteiger partial charge in [0.25, 0.3) is 0 Å². The van der Waals surface area contributed by atoms with Crippen molar-refractivity contribution in [2.75, 3.05) is 39.4 Å². The second-order valence-electron chi connectivity index (χ2n) is 9.41. The molecular formula is C24H34FN3O3. The molecule has 0 radical (unpaired) electrons. The highest BCUT2D eigenvalue weighted by molar-refractivity contribution is 5.85. The number of aryl methyl sites for hydroxylation is 1. The van der Waals surface area contributed by atoms with Gasteiger partial charge in [0.15, 0.2) is 0 Å². The zero-order valence-corrected chi connectivity index (χ0v) is 18.7. The summed E-state index contributed by atoms with van der Waals surface area (Å²) >= 11 is 0. The molecule has 2 amide bonds. The Balaban J connectivity index is 1.50. The van der Waals surface area contributed by atoms with Crippen molar-refractivity contribution in [3.8, 4) is 0 Å². The number of carbonyl (C=O) groups is 2. The fourth-order valence-electron chi connectivity index (χ4n) is 5.73. The summed E-state index contributed by atoms with van der Waals surface area (Å²) in [5.74, 6) is -0.00919. The molecule has 1 aromatic rings. The average Bonchev–Trinajstić information content (AvgIpc) is 2.79. The van der Waals surface area contributed by atoms with E-state index in [4.69, 9.17) is 4.74 Å². The van der Waals surface area contributed by atoms with Gasteiger partial charge in [-0.25, -0.2) is 4.39 Å². The number of ether oxygens (including phenoxy) is 1. The van der Waals surface area contributed by atoms with Crippen LogP contribution in [-0.4, -0.2) is 67.0 Å². The third-order valence-electron chi connectivity index (χ3n) is 7.69. The molecule has 3 atom stereocenters. The minimum absolute atomic E-state index is 0.00698. The summed E-state index contributed by atoms with van der Waals surface area (Å²) in [5.41, 5.74) is 1.19. The highest BCUT2D eigenvalue weighted by atomic mass is 19.1. The second kappa shape index (κ2) is 9.25. The standard InChI is InChI=1S/C24H34FN3O3/c1-17-3-4-21(25)13-19(17)15-26-23(30)24-7-5-22(27-9-11-31-12-10-27)14-20(24)6-8-28(16-24)18(2)29/h3-4,13,20,22H,5-12,14-16H2,1-2H3,(H,26,30)/t20-,22+,24-/m1/s1. The van der Waals surface area contributed by atoms with Gasteiger partial charge >= 0.3 is 0 Å². The van der Waals surface area contributed by atoms with Crippen molar-refractivity contribution in [2.45, 2.75) is 52.1 Å². The van der Waals surface area contributed by atoms with Gasteiger partial charge in [-0.3, -0.25) is 14.5 Å². The fraction of sp³-hybridized carbons (Fsp3) is 0.667. The molecule has 2 aliphatic heterocycles. The predicted octanol–water partition coefficient (Wildman–Crippen LogP) is 2.49. The first kappa shape index (κ1) is 22.2. The van der Waals surface area contributed by atoms with E-state index >= 15 is 0 Å². The number of carbonyl (C=O) groups excluding carboxylic acids is 2. The van der Waals surface area contributed by atoms with Crippen LogP contribution < -0.4 is 5.32 Å². The van der Waals surface area contributed by atoms with Crippen molar-refractivity contribution in [1.29, 1.82) is 0 Å². The van der Waals surface area contributed by atoms with Gasteiger partial charge in [0.05, 0.1) is 18.6 Å². The molecule has 1 aromatic carbocycles. The maximum atomic E-state index is 13.7. The molecular weight excluding hydrogens is 397 g/mol. The SMILES string of the molecule is CC(=O)N1CC[C@@H]2C[C@@H](N3CCOCC3)CC[C@@]2(C(=O)NCc2cc(F)ccc2C)C1. The summed E-state index contributed by atoms with van der Waals surface area (Å²) < 4.78 is 19.2. The maximum Gasteiger partial charge on any atom is 0.228 e. The first-order valence-corrected chi connectivity index (χ1v) is 11.5. The van der Waals surface area contributed by atoms with Crippen LogP contribution in [0.4, 0.5) is 4.39 Å². The normalized spacial score (nSPS) is 29.3. The first-order valence-electron chi connectivity index (χ1n) is 11.5. The van der Waals surface area contributed by atoms with Gasteiger partial charge in [0.1, 0.15) is 5.82 Å². The molecule has 1 N–H and O–H groups in total. The van der Waals surface area contributed by atoms with E-state index < -0.39 is 5.41 Å². The zero-order valence-electron chi connectivity index (χ0n) is 18.7. The van der Waals surface area contributed by atoms with Crippen molar-refractivity contribution in [1.82, 2.24) is 15.1 Å². The summed E-state index contributed by atoms with van der Waals surface area (Å²) in [6, 6.07) is 5.14. The molecule has 0 bridgehead atoms. The van der Waals surface area contributed by atoms with E-state index in [2.05, 4.69) is 10.2 Å². The van der Waals surface area contributed by atoms with E-state index in [1.54, 1.807) is 13.0 Å². The van der Waals surface area contributed by atoms with Gasteiger partial charge in [-0.05, 0) is 61.8 Å². The molecule has 0 unspecified atom stereocenters. The summed E-state index contributed by atoms with van der Waals surface area (Å²) in [5, 5.41) is 3.10. The molecule has 6 nitrogen and oxygen atoms in total. The van der Waals surface area contributed by atoms with E-state index in [9.17, 15) is 14.0 Å². The third-order valence-corrected chi connectivity index (χ3v) is 7.69. The summed E-state index contributed by atoms with van der Waals surface area (Å²) in [4.78, 5) is 30.1. The Kier molecular flexibility index (Phi) is 6.63. The molecule has 1 aliphatic carbocycles. The Bertz CT molecular complexity index is 826. The summed E-state index contributed by atoms with van der Waals surface area (Å²) in [7, 11) is 0. The number of hydrogen-bond acceptors (Lipinski definition) is 4. The number of amides is 2. The molecule has 2 heterocycles. The highest BCUT2D eigenvalue weighted by Crippen LogP contribution is 2.48. The molecule has 170 valence electrons. The van der Waals surface area contributed by atoms with Gasteiger partial charge in [-0.15, -0.1) is 0 Å². The van der Waals surface area contributed by atoms with E-state index in [0.717, 1.165) is 63.1 Å². The smallest absolute Gasteiger partial charge is 0.228 e. The highest BCUT2D eigenvalue weighted by Gasteiger charge is 2.53. The van der Waals surface area contributed by atoms with Gasteiger partial charge in [-0.1, -0.05) is 6.07 Å². The molecule has 31 heavy (non-hydrogen) atoms. The van der Waals surface area contributed by atoms with Crippen molar-refractivity contribution in [2.24, 2.45) is 11.3 Å². The van der Waals surface area contributed by atoms with Crippen molar-refractivity contribution >= 4 is 11.8 Å². The van der Waals surface area contributed by atoms with Gasteiger partial charge in [-0.2, -0.15) is 0 Å². The topological polar surface area (TPSA) is 61.9 Å². The van der Waals surface area contributed by atoms with E-state index in [-0.39, 0.29) is 23.5 Å². The Morgan fingerprint density at radius 2 is 2.00 bits per heavy atom. The van der Waals surface area contributed by atoms with Crippen LogP contribution in [0.1, 0.15) is 43.7 Å². The van der Waals surface area contributed by atoms with Crippen LogP contribution in [0.15, 0.2) is 18.2 Å². The number of hydrogen-bond donors (Lipinski definition) is 1. The first-order chi connectivity index (χ1) is 14.9. The lowest BCUT2D eigenvalue weighted by atomic mass is 9.61. The van der Waals surface area contributed by atoms with Gasteiger partial charge < -0.3 is 15.0 Å². The van der Waals surface area contributed by atoms with Crippen molar-refractivity contribution in [3.05, 3.63) is 35.1 Å². The van der Waals surface area contributed by atoms with Crippen molar-refractivity contribution < 1.29 is 18.7 Å². The number of rotatable bonds is 4. The number of piperidine rings is 1. The van der Waals surface area contributed by atoms with E-state index in [1.165, 1.54) is 12.1 Å². The monoisotopic (exact) mass is 431 g/mol. The Morgan fingerprint density at radius 1 is 1.23 bits per heavy atom. The largest absolute Gasteiger partial charge is 0.379 e. The third kappa shape index (κ3) is 4.62. The molecule has 1 saturated carbocycles. The number of fused-ring (bicyclic) bond motifs is 1. The maximum absolute atomic E-state index is 13.7. The molecule has 3 fully saturated rings. The minimum atomic E-state index is -0.562. The average molecular weight is 432 g/mol. The Morgan fingerprint density at radius 3 is 2.74 bits per heavy atom. The van der Waals surface area contributed by atoms with Crippen LogP contribution in [-0.2, 0) is 20.9 Å². The zero-order chi connectivity index (χ0) is 22.0.